The minimum atomic E-state index is 0.210. The molecule has 5 aromatic rings. The minimum absolute atomic E-state index is 0.210. The van der Waals surface area contributed by atoms with Gasteiger partial charge in [0.05, 0.1) is 28.7 Å². The SMILES string of the molecule is CCCCC(CC)COc1ccc2ccc3c(sc4c5ccc6c(c5sc34)CCC(OCC(CC)CCCC)C=C6)c2c1. The Morgan fingerprint density at radius 2 is 1.42 bits per heavy atom. The van der Waals surface area contributed by atoms with E-state index < -0.39 is 0 Å². The van der Waals surface area contributed by atoms with E-state index in [1.807, 2.05) is 22.7 Å². The topological polar surface area (TPSA) is 18.5 Å². The van der Waals surface area contributed by atoms with Gasteiger partial charge in [-0.1, -0.05) is 109 Å². The molecule has 1 aliphatic rings. The second-order valence-corrected chi connectivity index (χ2v) is 14.7. The molecule has 43 heavy (non-hydrogen) atoms. The van der Waals surface area contributed by atoms with Crippen LogP contribution in [0.15, 0.2) is 48.5 Å². The van der Waals surface area contributed by atoms with Crippen LogP contribution in [0.3, 0.4) is 0 Å². The number of ether oxygens (including phenoxy) is 2. The van der Waals surface area contributed by atoms with Gasteiger partial charge >= 0.3 is 0 Å². The maximum absolute atomic E-state index is 6.47. The van der Waals surface area contributed by atoms with Crippen molar-refractivity contribution in [2.75, 3.05) is 13.2 Å². The molecule has 4 heteroatoms. The van der Waals surface area contributed by atoms with E-state index in [2.05, 4.69) is 82.3 Å². The molecule has 3 aromatic carbocycles. The summed E-state index contributed by atoms with van der Waals surface area (Å²) in [6.07, 6.45) is 17.0. The first-order valence-corrected chi connectivity index (χ1v) is 18.5. The highest BCUT2D eigenvalue weighted by Gasteiger charge is 2.21. The van der Waals surface area contributed by atoms with Crippen molar-refractivity contribution in [3.63, 3.8) is 0 Å². The van der Waals surface area contributed by atoms with Crippen molar-refractivity contribution in [2.45, 2.75) is 98.0 Å². The van der Waals surface area contributed by atoms with E-state index in [4.69, 9.17) is 9.47 Å². The number of hydrogen-bond acceptors (Lipinski definition) is 4. The first-order valence-electron chi connectivity index (χ1n) is 16.9. The number of hydrogen-bond donors (Lipinski definition) is 0. The fourth-order valence-corrected chi connectivity index (χ4v) is 9.60. The molecule has 0 saturated carbocycles. The predicted octanol–water partition coefficient (Wildman–Crippen LogP) is 12.6. The van der Waals surface area contributed by atoms with Crippen molar-refractivity contribution in [2.24, 2.45) is 11.8 Å². The minimum Gasteiger partial charge on any atom is -0.493 e. The Hall–Kier alpha value is -2.40. The average Bonchev–Trinajstić information content (AvgIpc) is 3.51. The highest BCUT2D eigenvalue weighted by molar-refractivity contribution is 7.37. The Bertz CT molecular complexity index is 1710. The lowest BCUT2D eigenvalue weighted by Gasteiger charge is -2.19. The number of rotatable bonds is 14. The van der Waals surface area contributed by atoms with Crippen LogP contribution in [0.4, 0.5) is 0 Å². The summed E-state index contributed by atoms with van der Waals surface area (Å²) in [6, 6.07) is 16.0. The van der Waals surface area contributed by atoms with Crippen molar-refractivity contribution in [3.05, 3.63) is 59.7 Å². The van der Waals surface area contributed by atoms with Crippen molar-refractivity contribution in [3.8, 4) is 5.75 Å². The fraction of sp³-hybridized carbons (Fsp3) is 0.487. The van der Waals surface area contributed by atoms with E-state index in [1.165, 1.54) is 103 Å². The first kappa shape index (κ1) is 30.6. The summed E-state index contributed by atoms with van der Waals surface area (Å²) in [5.41, 5.74) is 2.87. The number of fused-ring (bicyclic) bond motifs is 9. The maximum Gasteiger partial charge on any atom is 0.119 e. The zero-order valence-electron chi connectivity index (χ0n) is 26.5. The molecule has 3 atom stereocenters. The summed E-state index contributed by atoms with van der Waals surface area (Å²) in [7, 11) is 0. The number of aryl methyl sites for hydroxylation is 1. The van der Waals surface area contributed by atoms with Crippen molar-refractivity contribution >= 4 is 69.1 Å². The molecule has 0 saturated heterocycles. The lowest BCUT2D eigenvalue weighted by molar-refractivity contribution is 0.0493. The zero-order valence-corrected chi connectivity index (χ0v) is 28.2. The molecule has 0 radical (unpaired) electrons. The Morgan fingerprint density at radius 3 is 2.16 bits per heavy atom. The lowest BCUT2D eigenvalue weighted by atomic mass is 10.0. The largest absolute Gasteiger partial charge is 0.493 e. The number of benzene rings is 3. The Kier molecular flexibility index (Phi) is 10.1. The van der Waals surface area contributed by atoms with Crippen molar-refractivity contribution < 1.29 is 9.47 Å². The maximum atomic E-state index is 6.47. The van der Waals surface area contributed by atoms with Gasteiger partial charge in [-0.05, 0) is 66.2 Å². The monoisotopic (exact) mass is 612 g/mol. The van der Waals surface area contributed by atoms with Crippen LogP contribution in [0.25, 0.3) is 46.4 Å². The third-order valence-electron chi connectivity index (χ3n) is 9.63. The van der Waals surface area contributed by atoms with Gasteiger partial charge in [-0.25, -0.2) is 0 Å². The van der Waals surface area contributed by atoms with E-state index >= 15 is 0 Å². The summed E-state index contributed by atoms with van der Waals surface area (Å²) < 4.78 is 18.6. The molecular weight excluding hydrogens is 565 g/mol. The molecule has 3 unspecified atom stereocenters. The summed E-state index contributed by atoms with van der Waals surface area (Å²) >= 11 is 3.96. The van der Waals surface area contributed by atoms with Crippen LogP contribution in [0.5, 0.6) is 5.75 Å². The van der Waals surface area contributed by atoms with E-state index in [1.54, 1.807) is 0 Å². The molecule has 6 rings (SSSR count). The molecule has 0 aliphatic heterocycles. The third-order valence-corrected chi connectivity index (χ3v) is 12.3. The van der Waals surface area contributed by atoms with Crippen LogP contribution in [-0.4, -0.2) is 19.3 Å². The van der Waals surface area contributed by atoms with Gasteiger partial charge in [-0.3, -0.25) is 0 Å². The van der Waals surface area contributed by atoms with Crippen LogP contribution in [-0.2, 0) is 11.2 Å². The molecule has 0 fully saturated rings. The van der Waals surface area contributed by atoms with Crippen LogP contribution < -0.4 is 4.74 Å². The van der Waals surface area contributed by atoms with Crippen LogP contribution in [0, 0.1) is 11.8 Å². The summed E-state index contributed by atoms with van der Waals surface area (Å²) in [5, 5.41) is 5.42. The first-order chi connectivity index (χ1) is 21.1. The fourth-order valence-electron chi connectivity index (χ4n) is 6.66. The molecule has 2 nitrogen and oxygen atoms in total. The van der Waals surface area contributed by atoms with Gasteiger partial charge in [0.2, 0.25) is 0 Å². The molecule has 0 amide bonds. The molecule has 0 N–H and O–H groups in total. The highest BCUT2D eigenvalue weighted by Crippen LogP contribution is 2.48. The quantitative estimate of drug-likeness (QED) is 0.124. The van der Waals surface area contributed by atoms with Crippen LogP contribution in [0.1, 0.15) is 96.6 Å². The Labute approximate surface area is 266 Å². The number of unbranched alkanes of at least 4 members (excludes halogenated alkanes) is 2. The van der Waals surface area contributed by atoms with Crippen LogP contribution >= 0.6 is 22.7 Å². The summed E-state index contributed by atoms with van der Waals surface area (Å²) in [5.74, 6) is 2.32. The van der Waals surface area contributed by atoms with Gasteiger partial charge < -0.3 is 9.47 Å². The number of thiophene rings is 2. The van der Waals surface area contributed by atoms with E-state index in [0.29, 0.717) is 11.8 Å². The second kappa shape index (κ2) is 14.1. The van der Waals surface area contributed by atoms with Gasteiger partial charge in [0.15, 0.2) is 0 Å². The lowest BCUT2D eigenvalue weighted by Crippen LogP contribution is -2.17. The normalized spacial score (nSPS) is 16.7. The van der Waals surface area contributed by atoms with Crippen molar-refractivity contribution in [1.29, 1.82) is 0 Å². The molecule has 228 valence electrons. The van der Waals surface area contributed by atoms with Gasteiger partial charge in [-0.15, -0.1) is 22.7 Å². The summed E-state index contributed by atoms with van der Waals surface area (Å²) in [6.45, 7) is 10.8. The third kappa shape index (κ3) is 6.53. The standard InChI is InChI=1S/C39H48O2S2/c1-5-9-11-26(7-3)24-40-30-17-13-28-15-20-33-36(32(28)22-19-30)42-39-34-21-16-29-14-18-31(23-35(29)37(34)43-38(33)39)41-25-27(8-4)12-10-6-2/h13-18,20-21,23,26-27,30H,5-12,19,22,24-25H2,1-4H3. The molecule has 2 aromatic heterocycles. The molecule has 1 aliphatic carbocycles. The molecule has 0 spiro atoms. The Morgan fingerprint density at radius 1 is 0.744 bits per heavy atom. The molecule has 0 bridgehead atoms. The van der Waals surface area contributed by atoms with E-state index in [0.717, 1.165) is 31.8 Å². The molecular formula is C39H48O2S2. The Balaban J connectivity index is 1.26. The zero-order chi connectivity index (χ0) is 29.8. The van der Waals surface area contributed by atoms with Crippen molar-refractivity contribution in [1.82, 2.24) is 0 Å². The molecule has 2 heterocycles. The van der Waals surface area contributed by atoms with Gasteiger partial charge in [-0.2, -0.15) is 0 Å². The predicted molar refractivity (Wildman–Crippen MR) is 191 cm³/mol. The van der Waals surface area contributed by atoms with Gasteiger partial charge in [0.25, 0.3) is 0 Å². The van der Waals surface area contributed by atoms with E-state index in [9.17, 15) is 0 Å². The van der Waals surface area contributed by atoms with Crippen LogP contribution in [0.2, 0.25) is 0 Å². The highest BCUT2D eigenvalue weighted by atomic mass is 32.1. The van der Waals surface area contributed by atoms with Gasteiger partial charge in [0.1, 0.15) is 5.75 Å². The summed E-state index contributed by atoms with van der Waals surface area (Å²) in [4.78, 5) is 0. The smallest absolute Gasteiger partial charge is 0.119 e. The average molecular weight is 613 g/mol. The van der Waals surface area contributed by atoms with Gasteiger partial charge in [0, 0.05) is 25.6 Å². The second-order valence-electron chi connectivity index (χ2n) is 12.6. The van der Waals surface area contributed by atoms with E-state index in [-0.39, 0.29) is 6.10 Å².